The third kappa shape index (κ3) is 2.83. The predicted octanol–water partition coefficient (Wildman–Crippen LogP) is 3.67. The topological polar surface area (TPSA) is 42.8 Å². The molecule has 18 heavy (non-hydrogen) atoms. The SMILES string of the molecule is COCCn1c(-c2ccc(Br)c(Cl)c2)n[nH]c1=S. The molecule has 2 rings (SSSR count). The van der Waals surface area contributed by atoms with Crippen LogP contribution in [0.3, 0.4) is 0 Å². The first kappa shape index (κ1) is 13.7. The molecule has 96 valence electrons. The van der Waals surface area contributed by atoms with Crippen molar-refractivity contribution in [1.29, 1.82) is 0 Å². The Bertz CT molecular complexity index is 611. The molecule has 1 N–H and O–H groups in total. The zero-order chi connectivity index (χ0) is 13.1. The average molecular weight is 349 g/mol. The van der Waals surface area contributed by atoms with Crippen LogP contribution in [-0.2, 0) is 11.3 Å². The number of hydrogen-bond acceptors (Lipinski definition) is 3. The van der Waals surface area contributed by atoms with Crippen molar-refractivity contribution in [1.82, 2.24) is 14.8 Å². The van der Waals surface area contributed by atoms with E-state index in [0.717, 1.165) is 15.9 Å². The number of methoxy groups -OCH3 is 1. The summed E-state index contributed by atoms with van der Waals surface area (Å²) >= 11 is 14.6. The summed E-state index contributed by atoms with van der Waals surface area (Å²) in [6.45, 7) is 1.22. The number of H-pyrrole nitrogens is 1. The molecule has 0 aliphatic heterocycles. The van der Waals surface area contributed by atoms with E-state index in [2.05, 4.69) is 26.1 Å². The van der Waals surface area contributed by atoms with Gasteiger partial charge in [-0.1, -0.05) is 11.6 Å². The Morgan fingerprint density at radius 1 is 1.56 bits per heavy atom. The van der Waals surface area contributed by atoms with Gasteiger partial charge in [-0.15, -0.1) is 0 Å². The molecule has 7 heteroatoms. The minimum absolute atomic E-state index is 0.570. The monoisotopic (exact) mass is 347 g/mol. The van der Waals surface area contributed by atoms with Crippen molar-refractivity contribution in [2.24, 2.45) is 0 Å². The highest BCUT2D eigenvalue weighted by molar-refractivity contribution is 9.10. The van der Waals surface area contributed by atoms with E-state index in [1.807, 2.05) is 22.8 Å². The third-order valence-corrected chi connectivity index (χ3v) is 4.00. The predicted molar refractivity (Wildman–Crippen MR) is 77.4 cm³/mol. The van der Waals surface area contributed by atoms with Crippen LogP contribution in [0.15, 0.2) is 22.7 Å². The Hall–Kier alpha value is -0.690. The van der Waals surface area contributed by atoms with Crippen LogP contribution in [0.5, 0.6) is 0 Å². The molecule has 0 atom stereocenters. The molecule has 1 aromatic heterocycles. The molecule has 0 aliphatic rings. The van der Waals surface area contributed by atoms with Crippen LogP contribution < -0.4 is 0 Å². The molecule has 0 unspecified atom stereocenters. The summed E-state index contributed by atoms with van der Waals surface area (Å²) in [7, 11) is 1.65. The second-order valence-electron chi connectivity index (χ2n) is 3.63. The lowest BCUT2D eigenvalue weighted by atomic mass is 10.2. The van der Waals surface area contributed by atoms with Crippen molar-refractivity contribution in [3.05, 3.63) is 32.5 Å². The summed E-state index contributed by atoms with van der Waals surface area (Å²) in [4.78, 5) is 0. The second kappa shape index (κ2) is 5.97. The molecule has 1 aromatic carbocycles. The Labute approximate surface area is 123 Å². The highest BCUT2D eigenvalue weighted by Gasteiger charge is 2.10. The molecule has 0 saturated carbocycles. The highest BCUT2D eigenvalue weighted by Crippen LogP contribution is 2.27. The summed E-state index contributed by atoms with van der Waals surface area (Å²) in [6, 6.07) is 5.67. The fourth-order valence-corrected chi connectivity index (χ4v) is 2.21. The van der Waals surface area contributed by atoms with E-state index in [4.69, 9.17) is 28.6 Å². The highest BCUT2D eigenvalue weighted by atomic mass is 79.9. The minimum atomic E-state index is 0.570. The molecule has 0 aliphatic carbocycles. The van der Waals surface area contributed by atoms with E-state index >= 15 is 0 Å². The maximum Gasteiger partial charge on any atom is 0.195 e. The lowest BCUT2D eigenvalue weighted by Crippen LogP contribution is -2.06. The van der Waals surface area contributed by atoms with Gasteiger partial charge in [-0.05, 0) is 46.3 Å². The molecule has 4 nitrogen and oxygen atoms in total. The number of ether oxygens (including phenoxy) is 1. The molecular formula is C11H11BrClN3OS. The van der Waals surface area contributed by atoms with Crippen LogP contribution in [0.25, 0.3) is 11.4 Å². The van der Waals surface area contributed by atoms with E-state index in [1.54, 1.807) is 7.11 Å². The van der Waals surface area contributed by atoms with Crippen molar-refractivity contribution < 1.29 is 4.74 Å². The Morgan fingerprint density at radius 2 is 2.33 bits per heavy atom. The Morgan fingerprint density at radius 3 is 3.00 bits per heavy atom. The number of nitrogens with one attached hydrogen (secondary N) is 1. The first-order valence-corrected chi connectivity index (χ1v) is 6.81. The summed E-state index contributed by atoms with van der Waals surface area (Å²) in [6.07, 6.45) is 0. The molecule has 2 aromatic rings. The molecule has 0 saturated heterocycles. The van der Waals surface area contributed by atoms with Gasteiger partial charge in [0.25, 0.3) is 0 Å². The number of aromatic nitrogens is 3. The largest absolute Gasteiger partial charge is 0.383 e. The van der Waals surface area contributed by atoms with Crippen LogP contribution in [-0.4, -0.2) is 28.5 Å². The Balaban J connectivity index is 2.43. The minimum Gasteiger partial charge on any atom is -0.383 e. The zero-order valence-electron chi connectivity index (χ0n) is 9.61. The average Bonchev–Trinajstić information content (AvgIpc) is 2.72. The van der Waals surface area contributed by atoms with Gasteiger partial charge in [-0.3, -0.25) is 9.67 Å². The molecule has 0 spiro atoms. The lowest BCUT2D eigenvalue weighted by molar-refractivity contribution is 0.187. The second-order valence-corrected chi connectivity index (χ2v) is 5.27. The normalized spacial score (nSPS) is 10.8. The summed E-state index contributed by atoms with van der Waals surface area (Å²) in [5.74, 6) is 0.756. The van der Waals surface area contributed by atoms with E-state index in [9.17, 15) is 0 Å². The first-order valence-electron chi connectivity index (χ1n) is 5.23. The summed E-state index contributed by atoms with van der Waals surface area (Å²) in [5.41, 5.74) is 0.909. The van der Waals surface area contributed by atoms with Crippen LogP contribution in [0.4, 0.5) is 0 Å². The van der Waals surface area contributed by atoms with E-state index in [0.29, 0.717) is 22.9 Å². The third-order valence-electron chi connectivity index (χ3n) is 2.46. The number of rotatable bonds is 4. The van der Waals surface area contributed by atoms with Gasteiger partial charge in [0, 0.05) is 17.1 Å². The smallest absolute Gasteiger partial charge is 0.195 e. The van der Waals surface area contributed by atoms with Gasteiger partial charge in [0.15, 0.2) is 10.6 Å². The standard InChI is InChI=1S/C11H11BrClN3OS/c1-17-5-4-16-10(14-15-11(16)18)7-2-3-8(12)9(13)6-7/h2-3,6H,4-5H2,1H3,(H,15,18). The molecule has 1 heterocycles. The first-order chi connectivity index (χ1) is 8.63. The van der Waals surface area contributed by atoms with Crippen LogP contribution in [0.2, 0.25) is 5.02 Å². The Kier molecular flexibility index (Phi) is 4.55. The van der Waals surface area contributed by atoms with Gasteiger partial charge in [0.05, 0.1) is 18.2 Å². The number of aromatic amines is 1. The van der Waals surface area contributed by atoms with E-state index < -0.39 is 0 Å². The van der Waals surface area contributed by atoms with Gasteiger partial charge in [0.2, 0.25) is 0 Å². The van der Waals surface area contributed by atoms with Gasteiger partial charge in [0.1, 0.15) is 0 Å². The van der Waals surface area contributed by atoms with Crippen LogP contribution in [0, 0.1) is 4.77 Å². The maximum atomic E-state index is 6.08. The summed E-state index contributed by atoms with van der Waals surface area (Å²) in [5, 5.41) is 7.65. The quantitative estimate of drug-likeness (QED) is 0.857. The number of halogens is 2. The maximum absolute atomic E-state index is 6.08. The van der Waals surface area contributed by atoms with Gasteiger partial charge in [-0.2, -0.15) is 5.10 Å². The zero-order valence-corrected chi connectivity index (χ0v) is 12.8. The molecule has 0 bridgehead atoms. The number of nitrogens with zero attached hydrogens (tertiary/aromatic N) is 2. The fraction of sp³-hybridized carbons (Fsp3) is 0.273. The fourth-order valence-electron chi connectivity index (χ4n) is 1.56. The number of hydrogen-bond donors (Lipinski definition) is 1. The molecule has 0 radical (unpaired) electrons. The molecular weight excluding hydrogens is 338 g/mol. The molecule has 0 amide bonds. The number of benzene rings is 1. The summed E-state index contributed by atoms with van der Waals surface area (Å²) < 4.78 is 8.37. The van der Waals surface area contributed by atoms with Crippen molar-refractivity contribution in [2.75, 3.05) is 13.7 Å². The van der Waals surface area contributed by atoms with Gasteiger partial charge in [-0.25, -0.2) is 0 Å². The van der Waals surface area contributed by atoms with E-state index in [-0.39, 0.29) is 0 Å². The van der Waals surface area contributed by atoms with Crippen molar-refractivity contribution in [3.8, 4) is 11.4 Å². The van der Waals surface area contributed by atoms with Crippen molar-refractivity contribution >= 4 is 39.7 Å². The van der Waals surface area contributed by atoms with Crippen LogP contribution >= 0.6 is 39.7 Å². The van der Waals surface area contributed by atoms with Gasteiger partial charge >= 0.3 is 0 Å². The van der Waals surface area contributed by atoms with E-state index in [1.165, 1.54) is 0 Å². The van der Waals surface area contributed by atoms with Crippen molar-refractivity contribution in [3.63, 3.8) is 0 Å². The van der Waals surface area contributed by atoms with Crippen molar-refractivity contribution in [2.45, 2.75) is 6.54 Å². The van der Waals surface area contributed by atoms with Gasteiger partial charge < -0.3 is 4.74 Å². The lowest BCUT2D eigenvalue weighted by Gasteiger charge is -2.06. The van der Waals surface area contributed by atoms with Crippen LogP contribution in [0.1, 0.15) is 0 Å². The molecule has 0 fully saturated rings.